The molecule has 0 saturated heterocycles. The fourth-order valence-electron chi connectivity index (χ4n) is 2.73. The van der Waals surface area contributed by atoms with E-state index in [1.807, 2.05) is 0 Å². The minimum atomic E-state index is -0.598. The quantitative estimate of drug-likeness (QED) is 0.357. The fourth-order valence-corrected chi connectivity index (χ4v) is 3.62. The highest BCUT2D eigenvalue weighted by Gasteiger charge is 2.32. The molecule has 4 rings (SSSR count). The second kappa shape index (κ2) is 4.96. The van der Waals surface area contributed by atoms with E-state index >= 15 is 0 Å². The average molecular weight is 407 g/mol. The number of rotatable bonds is 1. The van der Waals surface area contributed by atoms with Crippen molar-refractivity contribution < 1.29 is 9.72 Å². The van der Waals surface area contributed by atoms with Crippen molar-refractivity contribution in [2.24, 2.45) is 0 Å². The molecule has 1 aliphatic heterocycles. The molecule has 0 N–H and O–H groups in total. The van der Waals surface area contributed by atoms with Crippen molar-refractivity contribution in [2.75, 3.05) is 0 Å². The van der Waals surface area contributed by atoms with Crippen LogP contribution in [0.5, 0.6) is 0 Å². The first-order valence-electron chi connectivity index (χ1n) is 6.64. The van der Waals surface area contributed by atoms with Gasteiger partial charge in [0.2, 0.25) is 5.78 Å². The molecule has 7 nitrogen and oxygen atoms in total. The van der Waals surface area contributed by atoms with Crippen molar-refractivity contribution in [3.05, 3.63) is 71.7 Å². The number of nitro benzene ring substituents is 1. The number of nitro groups is 1. The van der Waals surface area contributed by atoms with Crippen LogP contribution in [0.4, 0.5) is 5.69 Å². The summed E-state index contributed by atoms with van der Waals surface area (Å²) in [6, 6.07) is 6.81. The summed E-state index contributed by atoms with van der Waals surface area (Å²) in [6.45, 7) is 0. The van der Waals surface area contributed by atoms with E-state index < -0.39 is 16.3 Å². The molecule has 0 saturated carbocycles. The van der Waals surface area contributed by atoms with Crippen molar-refractivity contribution >= 4 is 49.9 Å². The monoisotopic (exact) mass is 405 g/mol. The minimum absolute atomic E-state index is 0.0753. The maximum Gasteiger partial charge on any atom is 0.270 e. The topological polar surface area (TPSA) is 95.1 Å². The van der Waals surface area contributed by atoms with Crippen LogP contribution in [0.25, 0.3) is 16.6 Å². The van der Waals surface area contributed by atoms with E-state index in [1.165, 1.54) is 18.2 Å². The zero-order valence-electron chi connectivity index (χ0n) is 11.6. The summed E-state index contributed by atoms with van der Waals surface area (Å²) in [5, 5.41) is 11.5. The number of carbonyl (C=O) groups is 1. The maximum atomic E-state index is 12.8. The molecule has 3 aromatic rings. The minimum Gasteiger partial charge on any atom is -0.285 e. The number of non-ortho nitro benzene ring substituents is 1. The molecule has 0 spiro atoms. The number of carbonyl (C=O) groups excluding carboxylic acids is 1. The molecular weight excluding hydrogens is 402 g/mol. The summed E-state index contributed by atoms with van der Waals surface area (Å²) in [6.07, 6.45) is 0. The first-order valence-corrected chi connectivity index (χ1v) is 7.81. The molecule has 0 radical (unpaired) electrons. The van der Waals surface area contributed by atoms with Gasteiger partial charge in [0, 0.05) is 21.6 Å². The van der Waals surface area contributed by atoms with Gasteiger partial charge in [0.05, 0.1) is 27.1 Å². The van der Waals surface area contributed by atoms with Crippen LogP contribution >= 0.6 is 27.5 Å². The molecule has 24 heavy (non-hydrogen) atoms. The van der Waals surface area contributed by atoms with E-state index in [4.69, 9.17) is 11.6 Å². The predicted octanol–water partition coefficient (Wildman–Crippen LogP) is 3.25. The molecular formula is C15H5BrClN3O4. The van der Waals surface area contributed by atoms with Gasteiger partial charge in [-0.05, 0) is 34.1 Å². The highest BCUT2D eigenvalue weighted by Crippen LogP contribution is 2.31. The molecule has 118 valence electrons. The van der Waals surface area contributed by atoms with Gasteiger partial charge in [-0.3, -0.25) is 24.3 Å². The number of nitrogens with zero attached hydrogens (tertiary/aromatic N) is 3. The molecule has 1 aliphatic rings. The van der Waals surface area contributed by atoms with Crippen LogP contribution in [0, 0.1) is 10.1 Å². The summed E-state index contributed by atoms with van der Waals surface area (Å²) in [4.78, 5) is 39.9. The highest BCUT2D eigenvalue weighted by atomic mass is 79.9. The van der Waals surface area contributed by atoms with Crippen LogP contribution in [-0.2, 0) is 0 Å². The van der Waals surface area contributed by atoms with E-state index in [0.29, 0.717) is 15.0 Å². The Kier molecular flexibility index (Phi) is 3.09. The van der Waals surface area contributed by atoms with Gasteiger partial charge in [0.25, 0.3) is 11.2 Å². The Morgan fingerprint density at radius 2 is 1.96 bits per heavy atom. The zero-order chi connectivity index (χ0) is 17.2. The molecule has 0 fully saturated rings. The van der Waals surface area contributed by atoms with Crippen LogP contribution in [0.3, 0.4) is 0 Å². The Morgan fingerprint density at radius 1 is 1.21 bits per heavy atom. The number of benzene rings is 2. The van der Waals surface area contributed by atoms with Gasteiger partial charge in [0.15, 0.2) is 5.82 Å². The largest absolute Gasteiger partial charge is 0.285 e. The Balaban J connectivity index is 2.12. The molecule has 2 aromatic carbocycles. The maximum absolute atomic E-state index is 12.8. The lowest BCUT2D eigenvalue weighted by molar-refractivity contribution is -0.384. The van der Waals surface area contributed by atoms with Gasteiger partial charge in [-0.15, -0.1) is 0 Å². The third kappa shape index (κ3) is 1.93. The molecule has 1 aromatic heterocycles. The summed E-state index contributed by atoms with van der Waals surface area (Å²) < 4.78 is 1.65. The number of fused-ring (bicyclic) bond motifs is 4. The predicted molar refractivity (Wildman–Crippen MR) is 90.1 cm³/mol. The Hall–Kier alpha value is -2.58. The molecule has 0 bridgehead atoms. The van der Waals surface area contributed by atoms with Gasteiger partial charge in [-0.2, -0.15) is 0 Å². The number of ketones is 1. The van der Waals surface area contributed by atoms with E-state index in [1.54, 1.807) is 6.07 Å². The molecule has 0 aliphatic carbocycles. The smallest absolute Gasteiger partial charge is 0.270 e. The third-order valence-corrected chi connectivity index (χ3v) is 4.59. The second-order valence-electron chi connectivity index (χ2n) is 5.15. The van der Waals surface area contributed by atoms with Crippen LogP contribution < -0.4 is 5.56 Å². The highest BCUT2D eigenvalue weighted by molar-refractivity contribution is 9.10. The first-order chi connectivity index (χ1) is 11.4. The molecule has 0 unspecified atom stereocenters. The Bertz CT molecular complexity index is 1160. The van der Waals surface area contributed by atoms with E-state index in [-0.39, 0.29) is 28.1 Å². The number of halogens is 2. The average Bonchev–Trinajstić information content (AvgIpc) is 2.81. The lowest BCUT2D eigenvalue weighted by atomic mass is 10.1. The molecule has 0 amide bonds. The first kappa shape index (κ1) is 15.0. The zero-order valence-corrected chi connectivity index (χ0v) is 14.0. The van der Waals surface area contributed by atoms with E-state index in [9.17, 15) is 19.7 Å². The summed E-state index contributed by atoms with van der Waals surface area (Å²) in [5.41, 5.74) is -0.0235. The van der Waals surface area contributed by atoms with E-state index in [0.717, 1.165) is 10.6 Å². The third-order valence-electron chi connectivity index (χ3n) is 3.77. The fraction of sp³-hybridized carbons (Fsp3) is 0. The normalized spacial score (nSPS) is 12.3. The van der Waals surface area contributed by atoms with Crippen LogP contribution in [-0.4, -0.2) is 20.3 Å². The Morgan fingerprint density at radius 3 is 2.67 bits per heavy atom. The standard InChI is InChI=1S/C15H5BrClN3O4/c16-10-4-6(17)3-9-12(10)18-14-13(21)8-5-7(20(23)24)1-2-11(8)19(14)15(9)22/h1-5H. The van der Waals surface area contributed by atoms with Gasteiger partial charge in [0.1, 0.15) is 0 Å². The molecule has 9 heteroatoms. The van der Waals surface area contributed by atoms with Crippen molar-refractivity contribution in [2.45, 2.75) is 0 Å². The number of hydrogen-bond donors (Lipinski definition) is 0. The summed E-state index contributed by atoms with van der Waals surface area (Å²) in [5.74, 6) is -0.611. The van der Waals surface area contributed by atoms with Crippen LogP contribution in [0.1, 0.15) is 16.2 Å². The van der Waals surface area contributed by atoms with Crippen molar-refractivity contribution in [1.29, 1.82) is 0 Å². The van der Waals surface area contributed by atoms with Crippen LogP contribution in [0.15, 0.2) is 39.6 Å². The Labute approximate surface area is 146 Å². The van der Waals surface area contributed by atoms with Crippen molar-refractivity contribution in [3.63, 3.8) is 0 Å². The van der Waals surface area contributed by atoms with E-state index in [2.05, 4.69) is 20.9 Å². The van der Waals surface area contributed by atoms with Gasteiger partial charge < -0.3 is 0 Å². The summed E-state index contributed by atoms with van der Waals surface area (Å²) >= 11 is 9.26. The van der Waals surface area contributed by atoms with Gasteiger partial charge >= 0.3 is 0 Å². The molecule has 2 heterocycles. The van der Waals surface area contributed by atoms with Crippen molar-refractivity contribution in [1.82, 2.24) is 9.55 Å². The second-order valence-corrected chi connectivity index (χ2v) is 6.44. The lowest BCUT2D eigenvalue weighted by Crippen LogP contribution is -2.21. The van der Waals surface area contributed by atoms with Gasteiger partial charge in [-0.1, -0.05) is 11.6 Å². The summed E-state index contributed by atoms with van der Waals surface area (Å²) in [7, 11) is 0. The molecule has 0 atom stereocenters. The number of hydrogen-bond acceptors (Lipinski definition) is 5. The lowest BCUT2D eigenvalue weighted by Gasteiger charge is -2.07. The SMILES string of the molecule is O=C1c2cc([N+](=O)[O-])ccc2-n2c1nc1c(Br)cc(Cl)cc1c2=O. The van der Waals surface area contributed by atoms with Crippen molar-refractivity contribution in [3.8, 4) is 5.69 Å². The number of aromatic nitrogens is 2. The van der Waals surface area contributed by atoms with Crippen LogP contribution in [0.2, 0.25) is 5.02 Å². The van der Waals surface area contributed by atoms with Gasteiger partial charge in [-0.25, -0.2) is 4.98 Å².